The molecule has 10 heteroatoms. The molecule has 0 unspecified atom stereocenters. The topological polar surface area (TPSA) is 113 Å². The number of ether oxygens (including phenoxy) is 1. The largest absolute Gasteiger partial charge is 0.482 e. The number of aryl methyl sites for hydroxylation is 1. The fraction of sp³-hybridized carbons (Fsp3) is 0.222. The maximum Gasteiger partial charge on any atom is 0.341 e. The summed E-state index contributed by atoms with van der Waals surface area (Å²) in [5.74, 6) is -0.829. The molecule has 28 heavy (non-hydrogen) atoms. The third kappa shape index (κ3) is 5.89. The fourth-order valence-corrected chi connectivity index (χ4v) is 3.97. The first-order valence-corrected chi connectivity index (χ1v) is 10.4. The summed E-state index contributed by atoms with van der Waals surface area (Å²) in [6.07, 6.45) is 0. The number of carbonyl (C=O) groups is 2. The predicted molar refractivity (Wildman–Crippen MR) is 107 cm³/mol. The van der Waals surface area contributed by atoms with Gasteiger partial charge in [0.15, 0.2) is 6.61 Å². The second-order valence-electron chi connectivity index (χ2n) is 6.01. The number of hydrogen-bond donors (Lipinski definition) is 2. The van der Waals surface area contributed by atoms with Gasteiger partial charge in [-0.1, -0.05) is 6.07 Å². The summed E-state index contributed by atoms with van der Waals surface area (Å²) in [6, 6.07) is 10.7. The van der Waals surface area contributed by atoms with Crippen LogP contribution < -0.4 is 9.46 Å². The van der Waals surface area contributed by atoms with Crippen molar-refractivity contribution in [2.24, 2.45) is 0 Å². The summed E-state index contributed by atoms with van der Waals surface area (Å²) in [5, 5.41) is 8.49. The number of hydrogen-bond acceptors (Lipinski definition) is 6. The molecule has 0 aliphatic rings. The van der Waals surface area contributed by atoms with Crippen LogP contribution in [0.5, 0.6) is 5.75 Å². The van der Waals surface area contributed by atoms with E-state index < -0.39 is 22.6 Å². The van der Waals surface area contributed by atoms with Gasteiger partial charge in [0.25, 0.3) is 15.3 Å². The van der Waals surface area contributed by atoms with Crippen molar-refractivity contribution in [1.29, 1.82) is 0 Å². The molecule has 8 nitrogen and oxygen atoms in total. The zero-order chi connectivity index (χ0) is 20.9. The number of nitrogens with zero attached hydrogens (tertiary/aromatic N) is 1. The van der Waals surface area contributed by atoms with Crippen molar-refractivity contribution in [3.8, 4) is 5.75 Å². The minimum atomic E-state index is -3.87. The second-order valence-corrected chi connectivity index (χ2v) is 8.71. The summed E-state index contributed by atoms with van der Waals surface area (Å²) in [6.45, 7) is 1.11. The molecular formula is C18H20N2O6S2. The number of aliphatic carboxylic acids is 1. The first-order valence-electron chi connectivity index (χ1n) is 8.06. The van der Waals surface area contributed by atoms with Crippen LogP contribution in [0, 0.1) is 6.92 Å². The van der Waals surface area contributed by atoms with Gasteiger partial charge in [0.2, 0.25) is 0 Å². The average molecular weight is 425 g/mol. The number of rotatable bonds is 7. The smallest absolute Gasteiger partial charge is 0.341 e. The third-order valence-electron chi connectivity index (χ3n) is 3.46. The number of carboxylic acids is 1. The van der Waals surface area contributed by atoms with E-state index in [4.69, 9.17) is 9.84 Å². The molecule has 0 radical (unpaired) electrons. The molecule has 0 saturated carbocycles. The van der Waals surface area contributed by atoms with Gasteiger partial charge in [-0.25, -0.2) is 13.2 Å². The van der Waals surface area contributed by atoms with E-state index in [1.807, 2.05) is 0 Å². The Hall–Kier alpha value is -2.72. The van der Waals surface area contributed by atoms with Gasteiger partial charge in [0.1, 0.15) is 5.75 Å². The summed E-state index contributed by atoms with van der Waals surface area (Å²) < 4.78 is 32.9. The van der Waals surface area contributed by atoms with E-state index in [0.717, 1.165) is 11.8 Å². The van der Waals surface area contributed by atoms with E-state index in [1.165, 1.54) is 23.1 Å². The number of carboxylic acid groups (broad SMARTS) is 1. The molecule has 2 aromatic rings. The summed E-state index contributed by atoms with van der Waals surface area (Å²) >= 11 is 0.988. The molecule has 0 saturated heterocycles. The summed E-state index contributed by atoms with van der Waals surface area (Å²) in [5.41, 5.74) is 0.811. The third-order valence-corrected chi connectivity index (χ3v) is 5.87. The molecule has 2 aromatic carbocycles. The normalized spacial score (nSPS) is 11.0. The maximum atomic E-state index is 12.6. The Morgan fingerprint density at radius 1 is 1.18 bits per heavy atom. The molecule has 0 aliphatic heterocycles. The molecule has 2 N–H and O–H groups in total. The maximum absolute atomic E-state index is 12.6. The quantitative estimate of drug-likeness (QED) is 0.657. The number of benzene rings is 2. The van der Waals surface area contributed by atoms with Crippen LogP contribution in [0.2, 0.25) is 0 Å². The van der Waals surface area contributed by atoms with Crippen LogP contribution in [0.1, 0.15) is 5.56 Å². The predicted octanol–water partition coefficient (Wildman–Crippen LogP) is 3.03. The number of amides is 1. The van der Waals surface area contributed by atoms with Gasteiger partial charge in [-0.05, 0) is 60.6 Å². The summed E-state index contributed by atoms with van der Waals surface area (Å²) in [7, 11) is -0.606. The van der Waals surface area contributed by atoms with Crippen LogP contribution in [0.15, 0.2) is 52.3 Å². The van der Waals surface area contributed by atoms with E-state index in [-0.39, 0.29) is 10.1 Å². The van der Waals surface area contributed by atoms with Gasteiger partial charge < -0.3 is 14.7 Å². The number of sulfonamides is 1. The van der Waals surface area contributed by atoms with E-state index in [9.17, 15) is 18.0 Å². The highest BCUT2D eigenvalue weighted by atomic mass is 32.2. The van der Waals surface area contributed by atoms with Crippen molar-refractivity contribution in [2.45, 2.75) is 16.7 Å². The van der Waals surface area contributed by atoms with Crippen molar-refractivity contribution in [3.05, 3.63) is 48.0 Å². The Morgan fingerprint density at radius 3 is 2.50 bits per heavy atom. The molecule has 0 spiro atoms. The Morgan fingerprint density at radius 2 is 1.89 bits per heavy atom. The Balaban J connectivity index is 2.18. The minimum absolute atomic E-state index is 0.00935. The van der Waals surface area contributed by atoms with Crippen molar-refractivity contribution < 1.29 is 27.9 Å². The molecule has 0 heterocycles. The lowest BCUT2D eigenvalue weighted by Gasteiger charge is -2.13. The zero-order valence-corrected chi connectivity index (χ0v) is 17.1. The Bertz CT molecular complexity index is 989. The molecule has 0 aromatic heterocycles. The van der Waals surface area contributed by atoms with Gasteiger partial charge in [-0.2, -0.15) is 0 Å². The van der Waals surface area contributed by atoms with Gasteiger partial charge in [0, 0.05) is 24.7 Å². The highest BCUT2D eigenvalue weighted by molar-refractivity contribution is 8.13. The number of thioether (sulfide) groups is 1. The first kappa shape index (κ1) is 21.6. The highest BCUT2D eigenvalue weighted by Crippen LogP contribution is 2.26. The zero-order valence-electron chi connectivity index (χ0n) is 15.5. The lowest BCUT2D eigenvalue weighted by molar-refractivity contribution is -0.139. The van der Waals surface area contributed by atoms with Crippen LogP contribution in [0.4, 0.5) is 10.5 Å². The van der Waals surface area contributed by atoms with E-state index in [2.05, 4.69) is 4.72 Å². The number of carbonyl (C=O) groups excluding carboxylic acids is 1. The lowest BCUT2D eigenvalue weighted by atomic mass is 10.2. The molecule has 0 fully saturated rings. The molecule has 1 amide bonds. The standard InChI is InChI=1S/C18H20N2O6S2/c1-12-9-15(7-8-16(12)26-11-17(21)22)28(24,25)19-13-5-4-6-14(10-13)27-18(23)20(2)3/h4-10,19H,11H2,1-3H3,(H,21,22). The van der Waals surface area contributed by atoms with Gasteiger partial charge in [-0.3, -0.25) is 9.52 Å². The van der Waals surface area contributed by atoms with Gasteiger partial charge in [-0.15, -0.1) is 0 Å². The Labute approximate surface area is 167 Å². The van der Waals surface area contributed by atoms with Gasteiger partial charge >= 0.3 is 5.97 Å². The van der Waals surface area contributed by atoms with Crippen molar-refractivity contribution >= 4 is 38.7 Å². The lowest BCUT2D eigenvalue weighted by Crippen LogP contribution is -2.16. The molecule has 150 valence electrons. The fourth-order valence-electron chi connectivity index (χ4n) is 2.12. The molecule has 2 rings (SSSR count). The Kier molecular flexibility index (Phi) is 6.92. The van der Waals surface area contributed by atoms with Crippen LogP contribution >= 0.6 is 11.8 Å². The number of anilines is 1. The van der Waals surface area contributed by atoms with E-state index >= 15 is 0 Å². The molecule has 0 atom stereocenters. The van der Waals surface area contributed by atoms with Crippen molar-refractivity contribution in [3.63, 3.8) is 0 Å². The minimum Gasteiger partial charge on any atom is -0.482 e. The van der Waals surface area contributed by atoms with Crippen LogP contribution in [0.25, 0.3) is 0 Å². The average Bonchev–Trinajstić information content (AvgIpc) is 2.60. The van der Waals surface area contributed by atoms with E-state index in [0.29, 0.717) is 21.9 Å². The molecule has 0 aliphatic carbocycles. The monoisotopic (exact) mass is 424 g/mol. The number of nitrogens with one attached hydrogen (secondary N) is 1. The van der Waals surface area contributed by atoms with Crippen LogP contribution in [0.3, 0.4) is 0 Å². The van der Waals surface area contributed by atoms with Gasteiger partial charge in [0.05, 0.1) is 4.90 Å². The SMILES string of the molecule is Cc1cc(S(=O)(=O)Nc2cccc(SC(=O)N(C)C)c2)ccc1OCC(=O)O. The summed E-state index contributed by atoms with van der Waals surface area (Å²) in [4.78, 5) is 24.4. The highest BCUT2D eigenvalue weighted by Gasteiger charge is 2.17. The van der Waals surface area contributed by atoms with Crippen molar-refractivity contribution in [2.75, 3.05) is 25.4 Å². The first-order chi connectivity index (χ1) is 13.1. The van der Waals surface area contributed by atoms with Crippen molar-refractivity contribution in [1.82, 2.24) is 4.90 Å². The molecule has 0 bridgehead atoms. The van der Waals surface area contributed by atoms with Crippen LogP contribution in [-0.4, -0.2) is 50.3 Å². The van der Waals surface area contributed by atoms with E-state index in [1.54, 1.807) is 45.3 Å². The molecular weight excluding hydrogens is 404 g/mol. The second kappa shape index (κ2) is 8.98. The van der Waals surface area contributed by atoms with Crippen LogP contribution in [-0.2, 0) is 14.8 Å².